The van der Waals surface area contributed by atoms with Crippen LogP contribution < -0.4 is 20.1 Å². The molecule has 4 heterocycles. The average Bonchev–Trinajstić information content (AvgIpc) is 3.57. The Kier molecular flexibility index (Phi) is 8.53. The summed E-state index contributed by atoms with van der Waals surface area (Å²) < 4.78 is 26.1. The number of aromatic nitrogens is 2. The maximum Gasteiger partial charge on any atom is 0.255 e. The van der Waals surface area contributed by atoms with Crippen LogP contribution in [-0.4, -0.2) is 85.1 Å². The number of carbonyl (C=O) groups excluding carboxylic acids is 2. The van der Waals surface area contributed by atoms with Crippen molar-refractivity contribution in [1.29, 1.82) is 0 Å². The lowest BCUT2D eigenvalue weighted by Gasteiger charge is -2.24. The molecule has 0 saturated carbocycles. The molecule has 3 aromatic rings. The van der Waals surface area contributed by atoms with Crippen molar-refractivity contribution in [2.24, 2.45) is 0 Å². The van der Waals surface area contributed by atoms with E-state index in [-0.39, 0.29) is 23.6 Å². The van der Waals surface area contributed by atoms with Crippen LogP contribution in [0.1, 0.15) is 28.9 Å². The van der Waals surface area contributed by atoms with Crippen LogP contribution in [0, 0.1) is 5.82 Å². The third-order valence-electron chi connectivity index (χ3n) is 7.27. The highest BCUT2D eigenvalue weighted by Crippen LogP contribution is 2.42. The number of fused-ring (bicyclic) bond motifs is 1. The van der Waals surface area contributed by atoms with E-state index < -0.39 is 5.82 Å². The van der Waals surface area contributed by atoms with Gasteiger partial charge in [0.2, 0.25) is 5.91 Å². The van der Waals surface area contributed by atoms with Crippen LogP contribution in [0.15, 0.2) is 48.8 Å². The van der Waals surface area contributed by atoms with Gasteiger partial charge in [0.25, 0.3) is 5.91 Å². The summed E-state index contributed by atoms with van der Waals surface area (Å²) in [5.74, 6) is -0.230. The van der Waals surface area contributed by atoms with Crippen LogP contribution in [-0.2, 0) is 11.2 Å². The summed E-state index contributed by atoms with van der Waals surface area (Å²) in [6.07, 6.45) is 9.12. The number of carbonyl (C=O) groups is 2. The number of pyridine rings is 1. The number of likely N-dealkylation sites (N-methyl/N-ethyl adjacent to an activating group) is 1. The molecule has 1 aromatic carbocycles. The lowest BCUT2D eigenvalue weighted by molar-refractivity contribution is -0.127. The molecule has 1 saturated heterocycles. The van der Waals surface area contributed by atoms with Gasteiger partial charge in [-0.3, -0.25) is 14.6 Å². The van der Waals surface area contributed by atoms with Gasteiger partial charge >= 0.3 is 0 Å². The summed E-state index contributed by atoms with van der Waals surface area (Å²) in [5, 5.41) is 6.14. The Morgan fingerprint density at radius 1 is 1.32 bits per heavy atom. The zero-order chi connectivity index (χ0) is 28.9. The third-order valence-corrected chi connectivity index (χ3v) is 7.27. The van der Waals surface area contributed by atoms with Crippen LogP contribution in [0.25, 0.3) is 11.3 Å². The fraction of sp³-hybridized carbons (Fsp3) is 0.367. The standard InChI is InChI=1S/C30H35FN6O4/c1-36(2)15-6-10-25(38)37-16-5-7-19(37)18-41-24-17-32-13-11-20(24)27-28(26-22(34-27)12-14-33-30(26)39)35-23-9-4-8-21(31)29(23)40-3/h4,6,8-11,13,17,19,34-35H,5,7,12,14-16,18H2,1-3H3,(H,33,39)/b10-6+/t19-/m0/s1. The Bertz CT molecular complexity index is 1450. The number of likely N-dealkylation sites (tertiary alicyclic amines) is 1. The summed E-state index contributed by atoms with van der Waals surface area (Å²) in [6.45, 7) is 2.17. The van der Waals surface area contributed by atoms with Crippen LogP contribution in [0.2, 0.25) is 0 Å². The number of para-hydroxylation sites is 1. The molecular weight excluding hydrogens is 527 g/mol. The van der Waals surface area contributed by atoms with E-state index >= 15 is 0 Å². The Morgan fingerprint density at radius 2 is 2.17 bits per heavy atom. The molecule has 216 valence electrons. The highest BCUT2D eigenvalue weighted by atomic mass is 19.1. The zero-order valence-electron chi connectivity index (χ0n) is 23.5. The second-order valence-corrected chi connectivity index (χ2v) is 10.4. The third kappa shape index (κ3) is 6.04. The summed E-state index contributed by atoms with van der Waals surface area (Å²) >= 11 is 0. The molecule has 1 fully saturated rings. The summed E-state index contributed by atoms with van der Waals surface area (Å²) in [6, 6.07) is 6.31. The van der Waals surface area contributed by atoms with Gasteiger partial charge in [0.15, 0.2) is 11.6 Å². The van der Waals surface area contributed by atoms with Gasteiger partial charge < -0.3 is 34.9 Å². The van der Waals surface area contributed by atoms with Crippen LogP contribution >= 0.6 is 0 Å². The molecule has 0 unspecified atom stereocenters. The number of ether oxygens (including phenoxy) is 2. The fourth-order valence-corrected chi connectivity index (χ4v) is 5.30. The predicted molar refractivity (Wildman–Crippen MR) is 154 cm³/mol. The second kappa shape index (κ2) is 12.4. The number of hydrogen-bond acceptors (Lipinski definition) is 7. The normalized spacial score (nSPS) is 16.7. The van der Waals surface area contributed by atoms with Crippen molar-refractivity contribution in [2.45, 2.75) is 25.3 Å². The van der Waals surface area contributed by atoms with Crippen LogP contribution in [0.4, 0.5) is 15.8 Å². The van der Waals surface area contributed by atoms with E-state index in [2.05, 4.69) is 20.6 Å². The quantitative estimate of drug-likeness (QED) is 0.323. The van der Waals surface area contributed by atoms with Crippen molar-refractivity contribution in [1.82, 2.24) is 25.1 Å². The molecule has 3 N–H and O–H groups in total. The summed E-state index contributed by atoms with van der Waals surface area (Å²) in [7, 11) is 5.30. The lowest BCUT2D eigenvalue weighted by Crippen LogP contribution is -2.38. The summed E-state index contributed by atoms with van der Waals surface area (Å²) in [4.78, 5) is 37.4. The number of anilines is 2. The largest absolute Gasteiger partial charge is 0.492 e. The number of H-pyrrole nitrogens is 1. The van der Waals surface area contributed by atoms with Gasteiger partial charge in [-0.15, -0.1) is 0 Å². The SMILES string of the molecule is COc1c(F)cccc1Nc1c(-c2ccncc2OC[C@@H]2CCCN2C(=O)/C=C/CN(C)C)[nH]c2c1C(=O)NCC2. The summed E-state index contributed by atoms with van der Waals surface area (Å²) in [5.41, 5.74) is 3.39. The Morgan fingerprint density at radius 3 is 2.98 bits per heavy atom. The highest BCUT2D eigenvalue weighted by molar-refractivity contribution is 6.06. The van der Waals surface area contributed by atoms with Gasteiger partial charge in [-0.05, 0) is 45.1 Å². The minimum atomic E-state index is -0.520. The molecule has 2 aliphatic heterocycles. The second-order valence-electron chi connectivity index (χ2n) is 10.4. The number of nitrogens with one attached hydrogen (secondary N) is 3. The molecule has 0 spiro atoms. The van der Waals surface area contributed by atoms with Gasteiger partial charge in [-0.2, -0.15) is 0 Å². The smallest absolute Gasteiger partial charge is 0.255 e. The monoisotopic (exact) mass is 562 g/mol. The predicted octanol–water partition coefficient (Wildman–Crippen LogP) is 3.74. The van der Waals surface area contributed by atoms with Crippen molar-refractivity contribution in [3.05, 3.63) is 65.9 Å². The van der Waals surface area contributed by atoms with Crippen molar-refractivity contribution in [3.63, 3.8) is 0 Å². The number of methoxy groups -OCH3 is 1. The number of aromatic amines is 1. The fourth-order valence-electron chi connectivity index (χ4n) is 5.30. The van der Waals surface area contributed by atoms with E-state index in [4.69, 9.17) is 9.47 Å². The molecule has 2 aromatic heterocycles. The molecule has 2 aliphatic rings. The molecule has 5 rings (SSSR count). The van der Waals surface area contributed by atoms with Gasteiger partial charge in [0, 0.05) is 49.6 Å². The van der Waals surface area contributed by atoms with E-state index in [1.165, 1.54) is 13.2 Å². The van der Waals surface area contributed by atoms with Crippen LogP contribution in [0.5, 0.6) is 11.5 Å². The van der Waals surface area contributed by atoms with Crippen molar-refractivity contribution in [2.75, 3.05) is 52.8 Å². The molecule has 0 aliphatic carbocycles. The van der Waals surface area contributed by atoms with E-state index in [1.807, 2.05) is 30.0 Å². The molecule has 2 amide bonds. The maximum absolute atomic E-state index is 14.5. The van der Waals surface area contributed by atoms with Crippen LogP contribution in [0.3, 0.4) is 0 Å². The highest BCUT2D eigenvalue weighted by Gasteiger charge is 2.31. The number of amides is 2. The molecule has 0 radical (unpaired) electrons. The van der Waals surface area contributed by atoms with Gasteiger partial charge in [-0.25, -0.2) is 4.39 Å². The Labute approximate surface area is 238 Å². The molecule has 11 heteroatoms. The minimum absolute atomic E-state index is 0.0251. The first-order chi connectivity index (χ1) is 19.9. The van der Waals surface area contributed by atoms with Gasteiger partial charge in [-0.1, -0.05) is 12.1 Å². The number of benzene rings is 1. The van der Waals surface area contributed by atoms with Crippen molar-refractivity contribution < 1.29 is 23.5 Å². The molecule has 0 bridgehead atoms. The number of rotatable bonds is 10. The van der Waals surface area contributed by atoms with Gasteiger partial charge in [0.1, 0.15) is 12.4 Å². The Balaban J connectivity index is 1.44. The molecule has 10 nitrogen and oxygen atoms in total. The number of nitrogens with zero attached hydrogens (tertiary/aromatic N) is 3. The lowest BCUT2D eigenvalue weighted by atomic mass is 10.0. The molecule has 1 atom stereocenters. The average molecular weight is 563 g/mol. The first-order valence-electron chi connectivity index (χ1n) is 13.7. The van der Waals surface area contributed by atoms with Crippen molar-refractivity contribution in [3.8, 4) is 22.8 Å². The van der Waals surface area contributed by atoms with E-state index in [9.17, 15) is 14.0 Å². The minimum Gasteiger partial charge on any atom is -0.492 e. The molecule has 41 heavy (non-hydrogen) atoms. The maximum atomic E-state index is 14.5. The number of halogens is 1. The molecular formula is C30H35FN6O4. The number of hydrogen-bond donors (Lipinski definition) is 3. The van der Waals surface area contributed by atoms with E-state index in [0.29, 0.717) is 66.6 Å². The van der Waals surface area contributed by atoms with Gasteiger partial charge in [0.05, 0.1) is 42.0 Å². The van der Waals surface area contributed by atoms with E-state index in [0.717, 1.165) is 18.5 Å². The zero-order valence-corrected chi connectivity index (χ0v) is 23.5. The first kappa shape index (κ1) is 28.2. The van der Waals surface area contributed by atoms with Crippen molar-refractivity contribution >= 4 is 23.2 Å². The first-order valence-corrected chi connectivity index (χ1v) is 13.7. The van der Waals surface area contributed by atoms with E-state index in [1.54, 1.807) is 36.7 Å². The topological polar surface area (TPSA) is 112 Å². The Hall–Kier alpha value is -4.38.